The molecule has 2 heterocycles. The Morgan fingerprint density at radius 1 is 0.929 bits per heavy atom. The third-order valence-electron chi connectivity index (χ3n) is 7.97. The minimum Gasteiger partial charge on any atom is -0.497 e. The van der Waals surface area contributed by atoms with Crippen LogP contribution >= 0.6 is 0 Å². The standard InChI is InChI=1S/C31H36N2O8S/c1-4-15-33(42(36,37)25-12-10-24(39-3)11-13-25)17-16-32-19-26(22-7-14-27-28(18-22)41-20-40-27)29(31(34)35)30(32)21-5-8-23(38-2)9-6-21/h5-14,18,26,29-30H,4,15-17,19-20H2,1-3H3,(H,34,35)/t26-,29+,30-/m1/s1. The van der Waals surface area contributed by atoms with Gasteiger partial charge in [0.05, 0.1) is 25.0 Å². The zero-order valence-corrected chi connectivity index (χ0v) is 24.7. The first kappa shape index (κ1) is 29.7. The maximum Gasteiger partial charge on any atom is 0.309 e. The van der Waals surface area contributed by atoms with Crippen molar-refractivity contribution >= 4 is 16.0 Å². The van der Waals surface area contributed by atoms with Gasteiger partial charge in [0.25, 0.3) is 0 Å². The highest BCUT2D eigenvalue weighted by Crippen LogP contribution is 2.47. The Morgan fingerprint density at radius 2 is 1.55 bits per heavy atom. The first-order valence-corrected chi connectivity index (χ1v) is 15.4. The van der Waals surface area contributed by atoms with Gasteiger partial charge in [-0.3, -0.25) is 9.69 Å². The van der Waals surface area contributed by atoms with Gasteiger partial charge in [0.2, 0.25) is 16.8 Å². The van der Waals surface area contributed by atoms with Crippen molar-refractivity contribution in [1.29, 1.82) is 0 Å². The number of carboxylic acid groups (broad SMARTS) is 1. The molecule has 0 spiro atoms. The van der Waals surface area contributed by atoms with Gasteiger partial charge in [-0.15, -0.1) is 0 Å². The first-order chi connectivity index (χ1) is 20.3. The van der Waals surface area contributed by atoms with Crippen LogP contribution in [0.5, 0.6) is 23.0 Å². The first-order valence-electron chi connectivity index (χ1n) is 13.9. The molecule has 42 heavy (non-hydrogen) atoms. The smallest absolute Gasteiger partial charge is 0.309 e. The van der Waals surface area contributed by atoms with E-state index in [1.165, 1.54) is 11.4 Å². The van der Waals surface area contributed by atoms with Crippen LogP contribution in [0.25, 0.3) is 0 Å². The summed E-state index contributed by atoms with van der Waals surface area (Å²) in [6.07, 6.45) is 0.634. The maximum absolute atomic E-state index is 13.6. The largest absolute Gasteiger partial charge is 0.497 e. The number of carbonyl (C=O) groups is 1. The Morgan fingerprint density at radius 3 is 2.17 bits per heavy atom. The van der Waals surface area contributed by atoms with Crippen molar-refractivity contribution in [3.8, 4) is 23.0 Å². The molecule has 11 heteroatoms. The second kappa shape index (κ2) is 12.6. The van der Waals surface area contributed by atoms with E-state index in [0.29, 0.717) is 49.1 Å². The van der Waals surface area contributed by atoms with Gasteiger partial charge < -0.3 is 24.1 Å². The predicted molar refractivity (Wildman–Crippen MR) is 156 cm³/mol. The van der Waals surface area contributed by atoms with E-state index < -0.39 is 28.0 Å². The molecule has 5 rings (SSSR count). The fourth-order valence-electron chi connectivity index (χ4n) is 5.88. The number of carboxylic acids is 1. The zero-order chi connectivity index (χ0) is 29.9. The van der Waals surface area contributed by atoms with Crippen LogP contribution in [0.2, 0.25) is 0 Å². The van der Waals surface area contributed by atoms with Gasteiger partial charge in [-0.05, 0) is 66.1 Å². The van der Waals surface area contributed by atoms with Crippen LogP contribution in [-0.2, 0) is 14.8 Å². The van der Waals surface area contributed by atoms with Crippen molar-refractivity contribution in [3.05, 3.63) is 77.9 Å². The van der Waals surface area contributed by atoms with Crippen LogP contribution in [0.1, 0.15) is 36.4 Å². The number of hydrogen-bond donors (Lipinski definition) is 1. The molecule has 3 aromatic rings. The minimum absolute atomic E-state index is 0.127. The molecule has 10 nitrogen and oxygen atoms in total. The molecule has 1 fully saturated rings. The van der Waals surface area contributed by atoms with Crippen LogP contribution in [0.15, 0.2) is 71.6 Å². The summed E-state index contributed by atoms with van der Waals surface area (Å²) in [6.45, 7) is 3.37. The normalized spacial score (nSPS) is 20.1. The van der Waals surface area contributed by atoms with Crippen molar-refractivity contribution in [3.63, 3.8) is 0 Å². The summed E-state index contributed by atoms with van der Waals surface area (Å²) in [6, 6.07) is 18.8. The molecule has 0 amide bonds. The molecule has 0 unspecified atom stereocenters. The highest BCUT2D eigenvalue weighted by molar-refractivity contribution is 7.89. The van der Waals surface area contributed by atoms with E-state index in [4.69, 9.17) is 18.9 Å². The van der Waals surface area contributed by atoms with Gasteiger partial charge in [0.15, 0.2) is 11.5 Å². The second-order valence-electron chi connectivity index (χ2n) is 10.4. The lowest BCUT2D eigenvalue weighted by Gasteiger charge is -2.30. The van der Waals surface area contributed by atoms with Crippen molar-refractivity contribution in [2.24, 2.45) is 5.92 Å². The lowest BCUT2D eigenvalue weighted by Crippen LogP contribution is -2.39. The number of likely N-dealkylation sites (tertiary alicyclic amines) is 1. The molecular formula is C31H36N2O8S. The highest BCUT2D eigenvalue weighted by Gasteiger charge is 2.47. The molecule has 3 aromatic carbocycles. The number of rotatable bonds is 12. The summed E-state index contributed by atoms with van der Waals surface area (Å²) in [5, 5.41) is 10.5. The monoisotopic (exact) mass is 596 g/mol. The summed E-state index contributed by atoms with van der Waals surface area (Å²) in [5.74, 6) is 0.407. The highest BCUT2D eigenvalue weighted by atomic mass is 32.2. The summed E-state index contributed by atoms with van der Waals surface area (Å²) >= 11 is 0. The summed E-state index contributed by atoms with van der Waals surface area (Å²) in [4.78, 5) is 15.2. The van der Waals surface area contributed by atoms with Crippen LogP contribution in [0, 0.1) is 5.92 Å². The Hall–Kier alpha value is -3.80. The second-order valence-corrected chi connectivity index (χ2v) is 12.3. The summed E-state index contributed by atoms with van der Waals surface area (Å²) in [5.41, 5.74) is 1.66. The quantitative estimate of drug-likeness (QED) is 0.325. The number of benzene rings is 3. The van der Waals surface area contributed by atoms with E-state index in [1.54, 1.807) is 31.4 Å². The molecule has 0 saturated carbocycles. The molecular weight excluding hydrogens is 560 g/mol. The number of aliphatic carboxylic acids is 1. The number of ether oxygens (including phenoxy) is 4. The third kappa shape index (κ3) is 5.90. The zero-order valence-electron chi connectivity index (χ0n) is 23.9. The molecule has 1 N–H and O–H groups in total. The van der Waals surface area contributed by atoms with Gasteiger partial charge in [-0.25, -0.2) is 8.42 Å². The van der Waals surface area contributed by atoms with E-state index >= 15 is 0 Å². The molecule has 1 saturated heterocycles. The van der Waals surface area contributed by atoms with E-state index in [1.807, 2.05) is 49.4 Å². The topological polar surface area (TPSA) is 115 Å². The lowest BCUT2D eigenvalue weighted by atomic mass is 9.82. The van der Waals surface area contributed by atoms with Crippen molar-refractivity contribution < 1.29 is 37.3 Å². The Bertz CT molecular complexity index is 1490. The van der Waals surface area contributed by atoms with Gasteiger partial charge in [0, 0.05) is 38.1 Å². The fraction of sp³-hybridized carbons (Fsp3) is 0.387. The molecule has 0 aromatic heterocycles. The Labute approximate surface area is 246 Å². The SMILES string of the molecule is CCCN(CCN1C[C@H](c2ccc3c(c2)OCO3)[C@H](C(=O)O)[C@H]1c1ccc(OC)cc1)S(=O)(=O)c1ccc(OC)cc1. The number of sulfonamides is 1. The van der Waals surface area contributed by atoms with Crippen LogP contribution < -0.4 is 18.9 Å². The minimum atomic E-state index is -3.79. The van der Waals surface area contributed by atoms with Crippen LogP contribution in [0.3, 0.4) is 0 Å². The molecule has 0 bridgehead atoms. The van der Waals surface area contributed by atoms with Crippen LogP contribution in [0.4, 0.5) is 0 Å². The molecule has 2 aliphatic rings. The van der Waals surface area contributed by atoms with E-state index in [9.17, 15) is 18.3 Å². The molecule has 2 aliphatic heterocycles. The van der Waals surface area contributed by atoms with Crippen molar-refractivity contribution in [2.75, 3.05) is 47.2 Å². The van der Waals surface area contributed by atoms with Crippen molar-refractivity contribution in [2.45, 2.75) is 30.2 Å². The Kier molecular flexibility index (Phi) is 8.91. The predicted octanol–water partition coefficient (Wildman–Crippen LogP) is 4.37. The Balaban J connectivity index is 1.47. The lowest BCUT2D eigenvalue weighted by molar-refractivity contribution is -0.143. The fourth-order valence-corrected chi connectivity index (χ4v) is 7.40. The number of hydrogen-bond acceptors (Lipinski definition) is 8. The number of nitrogens with zero attached hydrogens (tertiary/aromatic N) is 2. The van der Waals surface area contributed by atoms with Gasteiger partial charge in [-0.2, -0.15) is 4.31 Å². The third-order valence-corrected chi connectivity index (χ3v) is 9.89. The molecule has 3 atom stereocenters. The number of fused-ring (bicyclic) bond motifs is 1. The van der Waals surface area contributed by atoms with E-state index in [0.717, 1.165) is 11.1 Å². The summed E-state index contributed by atoms with van der Waals surface area (Å²) in [7, 11) is -0.673. The maximum atomic E-state index is 13.6. The van der Waals surface area contributed by atoms with Gasteiger partial charge >= 0.3 is 5.97 Å². The van der Waals surface area contributed by atoms with E-state index in [2.05, 4.69) is 4.90 Å². The van der Waals surface area contributed by atoms with Crippen LogP contribution in [-0.4, -0.2) is 75.9 Å². The van der Waals surface area contributed by atoms with Gasteiger partial charge in [-0.1, -0.05) is 25.1 Å². The average Bonchev–Trinajstić information content (AvgIpc) is 3.64. The van der Waals surface area contributed by atoms with E-state index in [-0.39, 0.29) is 24.2 Å². The van der Waals surface area contributed by atoms with Gasteiger partial charge in [0.1, 0.15) is 11.5 Å². The molecule has 0 radical (unpaired) electrons. The summed E-state index contributed by atoms with van der Waals surface area (Å²) < 4.78 is 50.3. The average molecular weight is 597 g/mol. The molecule has 224 valence electrons. The van der Waals surface area contributed by atoms with Crippen molar-refractivity contribution in [1.82, 2.24) is 9.21 Å². The molecule has 0 aliphatic carbocycles. The number of methoxy groups -OCH3 is 2.